The number of hydrogen-bond acceptors (Lipinski definition) is 2. The van der Waals surface area contributed by atoms with Crippen LogP contribution >= 0.6 is 0 Å². The van der Waals surface area contributed by atoms with Crippen molar-refractivity contribution in [2.45, 2.75) is 45.1 Å². The number of carboxylic acid groups (broad SMARTS) is 1. The predicted molar refractivity (Wildman–Crippen MR) is 63.4 cm³/mol. The average Bonchev–Trinajstić information content (AvgIpc) is 3.07. The van der Waals surface area contributed by atoms with Gasteiger partial charge in [-0.05, 0) is 25.2 Å². The van der Waals surface area contributed by atoms with Gasteiger partial charge in [0, 0.05) is 13.1 Å². The van der Waals surface area contributed by atoms with Crippen molar-refractivity contribution in [2.24, 2.45) is 17.8 Å². The molecule has 4 heteroatoms. The molecule has 0 spiro atoms. The second-order valence-electron chi connectivity index (χ2n) is 5.66. The van der Waals surface area contributed by atoms with Gasteiger partial charge in [-0.25, -0.2) is 0 Å². The second-order valence-corrected chi connectivity index (χ2v) is 5.66. The maximum atomic E-state index is 12.1. The Balaban J connectivity index is 1.89. The van der Waals surface area contributed by atoms with Gasteiger partial charge in [0.15, 0.2) is 0 Å². The molecule has 0 aromatic rings. The summed E-state index contributed by atoms with van der Waals surface area (Å²) in [5.74, 6) is -0.788. The van der Waals surface area contributed by atoms with Gasteiger partial charge in [-0.2, -0.15) is 0 Å². The van der Waals surface area contributed by atoms with E-state index in [1.165, 1.54) is 12.8 Å². The van der Waals surface area contributed by atoms with Gasteiger partial charge in [-0.3, -0.25) is 9.59 Å². The van der Waals surface area contributed by atoms with Gasteiger partial charge in [0.05, 0.1) is 11.8 Å². The molecule has 4 unspecified atom stereocenters. The molecule has 0 saturated heterocycles. The molecule has 96 valence electrons. The highest BCUT2D eigenvalue weighted by Gasteiger charge is 2.50. The molecule has 2 aliphatic rings. The van der Waals surface area contributed by atoms with Crippen molar-refractivity contribution in [3.63, 3.8) is 0 Å². The molecule has 0 aromatic carbocycles. The molecular formula is C13H21NO3. The summed E-state index contributed by atoms with van der Waals surface area (Å²) in [4.78, 5) is 24.7. The third-order valence-electron chi connectivity index (χ3n) is 4.23. The lowest BCUT2D eigenvalue weighted by Crippen LogP contribution is -2.41. The highest BCUT2D eigenvalue weighted by atomic mass is 16.4. The number of carbonyl (C=O) groups excluding carboxylic acids is 1. The minimum absolute atomic E-state index is 0.0384. The lowest BCUT2D eigenvalue weighted by molar-refractivity contribution is -0.142. The molecule has 4 nitrogen and oxygen atoms in total. The molecule has 4 atom stereocenters. The van der Waals surface area contributed by atoms with Crippen LogP contribution in [0.5, 0.6) is 0 Å². The molecule has 1 amide bonds. The molecule has 0 bridgehead atoms. The van der Waals surface area contributed by atoms with Gasteiger partial charge in [0.1, 0.15) is 0 Å². The number of carboxylic acids is 1. The highest BCUT2D eigenvalue weighted by Crippen LogP contribution is 2.41. The van der Waals surface area contributed by atoms with E-state index in [0.717, 1.165) is 12.8 Å². The summed E-state index contributed by atoms with van der Waals surface area (Å²) in [5, 5.41) is 8.84. The van der Waals surface area contributed by atoms with Gasteiger partial charge in [-0.15, -0.1) is 0 Å². The van der Waals surface area contributed by atoms with Crippen LogP contribution in [0.1, 0.15) is 39.0 Å². The summed E-state index contributed by atoms with van der Waals surface area (Å²) in [6.07, 6.45) is 5.08. The van der Waals surface area contributed by atoms with Crippen LogP contribution in [0, 0.1) is 17.8 Å². The van der Waals surface area contributed by atoms with Crippen molar-refractivity contribution >= 4 is 11.9 Å². The van der Waals surface area contributed by atoms with Crippen molar-refractivity contribution in [2.75, 3.05) is 7.05 Å². The summed E-state index contributed by atoms with van der Waals surface area (Å²) in [5.41, 5.74) is 0. The first-order valence-electron chi connectivity index (χ1n) is 6.50. The number of amides is 1. The third-order valence-corrected chi connectivity index (χ3v) is 4.23. The largest absolute Gasteiger partial charge is 0.481 e. The molecule has 2 aliphatic carbocycles. The first-order valence-corrected chi connectivity index (χ1v) is 6.50. The lowest BCUT2D eigenvalue weighted by atomic mass is 9.86. The first-order chi connectivity index (χ1) is 8.00. The molecule has 2 rings (SSSR count). The topological polar surface area (TPSA) is 57.6 Å². The van der Waals surface area contributed by atoms with E-state index in [1.807, 2.05) is 11.9 Å². The third kappa shape index (κ3) is 2.61. The van der Waals surface area contributed by atoms with E-state index in [4.69, 9.17) is 5.11 Å². The van der Waals surface area contributed by atoms with E-state index >= 15 is 0 Å². The Morgan fingerprint density at radius 3 is 2.41 bits per heavy atom. The molecule has 0 heterocycles. The van der Waals surface area contributed by atoms with Gasteiger partial charge < -0.3 is 10.0 Å². The van der Waals surface area contributed by atoms with Gasteiger partial charge in [0.25, 0.3) is 0 Å². The standard InChI is InChI=1S/C13H21NO3/c1-8-4-3-5-9(6-8)14(2)12(15)10-7-11(10)13(16)17/h8-11H,3-7H2,1-2H3,(H,16,17). The van der Waals surface area contributed by atoms with Crippen LogP contribution in [-0.4, -0.2) is 35.0 Å². The normalized spacial score (nSPS) is 36.4. The fraction of sp³-hybridized carbons (Fsp3) is 0.846. The van der Waals surface area contributed by atoms with Crippen LogP contribution in [-0.2, 0) is 9.59 Å². The maximum Gasteiger partial charge on any atom is 0.307 e. The average molecular weight is 239 g/mol. The zero-order chi connectivity index (χ0) is 12.6. The van der Waals surface area contributed by atoms with E-state index in [0.29, 0.717) is 18.4 Å². The summed E-state index contributed by atoms with van der Waals surface area (Å²) < 4.78 is 0. The molecule has 0 aromatic heterocycles. The smallest absolute Gasteiger partial charge is 0.307 e. The van der Waals surface area contributed by atoms with E-state index in [-0.39, 0.29) is 11.8 Å². The highest BCUT2D eigenvalue weighted by molar-refractivity contribution is 5.89. The van der Waals surface area contributed by atoms with Gasteiger partial charge in [-0.1, -0.05) is 19.8 Å². The van der Waals surface area contributed by atoms with E-state index in [2.05, 4.69) is 6.92 Å². The predicted octanol–water partition coefficient (Wildman–Crippen LogP) is 1.74. The van der Waals surface area contributed by atoms with Crippen molar-refractivity contribution in [3.05, 3.63) is 0 Å². The van der Waals surface area contributed by atoms with Gasteiger partial charge >= 0.3 is 5.97 Å². The monoisotopic (exact) mass is 239 g/mol. The Kier molecular flexibility index (Phi) is 3.40. The molecular weight excluding hydrogens is 218 g/mol. The van der Waals surface area contributed by atoms with Crippen molar-refractivity contribution in [1.29, 1.82) is 0 Å². The Bertz CT molecular complexity index is 329. The van der Waals surface area contributed by atoms with Crippen molar-refractivity contribution < 1.29 is 14.7 Å². The number of rotatable bonds is 3. The Morgan fingerprint density at radius 2 is 1.88 bits per heavy atom. The number of nitrogens with zero attached hydrogens (tertiary/aromatic N) is 1. The summed E-state index contributed by atoms with van der Waals surface area (Å²) in [7, 11) is 1.84. The molecule has 2 saturated carbocycles. The van der Waals surface area contributed by atoms with Gasteiger partial charge in [0.2, 0.25) is 5.91 Å². The maximum absolute atomic E-state index is 12.1. The van der Waals surface area contributed by atoms with Crippen LogP contribution in [0.25, 0.3) is 0 Å². The zero-order valence-electron chi connectivity index (χ0n) is 10.6. The molecule has 1 N–H and O–H groups in total. The Labute approximate surface area is 102 Å². The SMILES string of the molecule is CC1CCCC(N(C)C(=O)C2CC2C(=O)O)C1. The zero-order valence-corrected chi connectivity index (χ0v) is 10.6. The molecule has 0 aliphatic heterocycles. The van der Waals surface area contributed by atoms with Crippen molar-refractivity contribution in [3.8, 4) is 0 Å². The van der Waals surface area contributed by atoms with Crippen molar-refractivity contribution in [1.82, 2.24) is 4.90 Å². The fourth-order valence-electron chi connectivity index (χ4n) is 2.94. The van der Waals surface area contributed by atoms with Crippen LogP contribution in [0.2, 0.25) is 0 Å². The van der Waals surface area contributed by atoms with E-state index in [1.54, 1.807) is 0 Å². The van der Waals surface area contributed by atoms with Crippen LogP contribution in [0.3, 0.4) is 0 Å². The summed E-state index contributed by atoms with van der Waals surface area (Å²) >= 11 is 0. The fourth-order valence-corrected chi connectivity index (χ4v) is 2.94. The molecule has 0 radical (unpaired) electrons. The second kappa shape index (κ2) is 4.67. The first kappa shape index (κ1) is 12.4. The lowest BCUT2D eigenvalue weighted by Gasteiger charge is -2.34. The summed E-state index contributed by atoms with van der Waals surface area (Å²) in [6, 6.07) is 0.321. The van der Waals surface area contributed by atoms with Crippen LogP contribution < -0.4 is 0 Å². The van der Waals surface area contributed by atoms with Crippen LogP contribution in [0.4, 0.5) is 0 Å². The minimum atomic E-state index is -0.825. The number of aliphatic carboxylic acids is 1. The van der Waals surface area contributed by atoms with E-state index in [9.17, 15) is 9.59 Å². The van der Waals surface area contributed by atoms with Crippen LogP contribution in [0.15, 0.2) is 0 Å². The quantitative estimate of drug-likeness (QED) is 0.816. The number of hydrogen-bond donors (Lipinski definition) is 1. The minimum Gasteiger partial charge on any atom is -0.481 e. The Morgan fingerprint density at radius 1 is 1.18 bits per heavy atom. The Hall–Kier alpha value is -1.06. The summed E-state index contributed by atoms with van der Waals surface area (Å²) in [6.45, 7) is 2.22. The number of carbonyl (C=O) groups is 2. The molecule has 17 heavy (non-hydrogen) atoms. The molecule has 2 fully saturated rings. The van der Waals surface area contributed by atoms with E-state index < -0.39 is 11.9 Å².